The number of hydrogen-bond donors (Lipinski definition) is 1. The highest BCUT2D eigenvalue weighted by molar-refractivity contribution is 5.98. The summed E-state index contributed by atoms with van der Waals surface area (Å²) in [6.45, 7) is 6.18. The number of nitrogens with zero attached hydrogens (tertiary/aromatic N) is 5. The fraction of sp³-hybridized carbons (Fsp3) is 0.360. The van der Waals surface area contributed by atoms with Crippen LogP contribution in [-0.4, -0.2) is 48.6 Å². The molecule has 1 amide bonds. The molecule has 0 radical (unpaired) electrons. The number of nitrogens with one attached hydrogen (secondary N) is 1. The molecule has 0 saturated carbocycles. The summed E-state index contributed by atoms with van der Waals surface area (Å²) in [5.74, 6) is 0.310. The highest BCUT2D eigenvalue weighted by Crippen LogP contribution is 2.39. The van der Waals surface area contributed by atoms with Crippen molar-refractivity contribution in [3.8, 4) is 11.1 Å². The lowest BCUT2D eigenvalue weighted by molar-refractivity contribution is -0.136. The van der Waals surface area contributed by atoms with Crippen molar-refractivity contribution in [3.05, 3.63) is 66.6 Å². The molecule has 5 rings (SSSR count). The molecule has 0 unspecified atom stereocenters. The number of piperidine rings is 1. The zero-order valence-electron chi connectivity index (χ0n) is 18.5. The van der Waals surface area contributed by atoms with Crippen LogP contribution >= 0.6 is 0 Å². The highest BCUT2D eigenvalue weighted by atomic mass is 16.2. The number of hydrogen-bond acceptors (Lipinski definition) is 4. The lowest BCUT2D eigenvalue weighted by atomic mass is 9.89. The molecule has 4 aromatic rings. The minimum atomic E-state index is -0.138. The number of benzene rings is 1. The third kappa shape index (κ3) is 3.90. The zero-order valence-corrected chi connectivity index (χ0v) is 18.5. The van der Waals surface area contributed by atoms with Crippen LogP contribution in [0.4, 0.5) is 0 Å². The first-order valence-electron chi connectivity index (χ1n) is 11.2. The molecule has 7 nitrogen and oxygen atoms in total. The van der Waals surface area contributed by atoms with Crippen molar-refractivity contribution in [1.29, 1.82) is 0 Å². The van der Waals surface area contributed by atoms with E-state index in [1.807, 2.05) is 24.2 Å². The fourth-order valence-electron chi connectivity index (χ4n) is 4.87. The summed E-state index contributed by atoms with van der Waals surface area (Å²) in [5.41, 5.74) is 6.00. The summed E-state index contributed by atoms with van der Waals surface area (Å²) >= 11 is 0. The number of pyridine rings is 1. The van der Waals surface area contributed by atoms with Crippen LogP contribution in [0.3, 0.4) is 0 Å². The van der Waals surface area contributed by atoms with E-state index in [-0.39, 0.29) is 17.7 Å². The van der Waals surface area contributed by atoms with Gasteiger partial charge in [-0.3, -0.25) is 14.5 Å². The zero-order chi connectivity index (χ0) is 22.1. The number of likely N-dealkylation sites (tertiary alicyclic amines) is 1. The quantitative estimate of drug-likeness (QED) is 0.517. The Bertz CT molecular complexity index is 1210. The highest BCUT2D eigenvalue weighted by Gasteiger charge is 2.30. The number of amides is 1. The first kappa shape index (κ1) is 20.4. The van der Waals surface area contributed by atoms with E-state index in [9.17, 15) is 4.79 Å². The molecule has 3 aromatic heterocycles. The van der Waals surface area contributed by atoms with Gasteiger partial charge in [0.15, 0.2) is 0 Å². The third-order valence-electron chi connectivity index (χ3n) is 6.44. The first-order chi connectivity index (χ1) is 15.6. The summed E-state index contributed by atoms with van der Waals surface area (Å²) in [6.07, 6.45) is 8.91. The smallest absolute Gasteiger partial charge is 0.227 e. The topological polar surface area (TPSA) is 79.7 Å². The van der Waals surface area contributed by atoms with Crippen molar-refractivity contribution in [2.24, 2.45) is 5.92 Å². The number of fused-ring (bicyclic) bond motifs is 1. The monoisotopic (exact) mass is 428 g/mol. The largest absolute Gasteiger partial charge is 0.358 e. The van der Waals surface area contributed by atoms with E-state index in [0.717, 1.165) is 37.0 Å². The van der Waals surface area contributed by atoms with Crippen molar-refractivity contribution in [2.75, 3.05) is 13.1 Å². The minimum Gasteiger partial charge on any atom is -0.358 e. The van der Waals surface area contributed by atoms with E-state index in [1.165, 1.54) is 28.5 Å². The van der Waals surface area contributed by atoms with Gasteiger partial charge in [0.1, 0.15) is 12.7 Å². The van der Waals surface area contributed by atoms with Gasteiger partial charge in [-0.15, -0.1) is 0 Å². The van der Waals surface area contributed by atoms with Crippen LogP contribution in [0.2, 0.25) is 0 Å². The fourth-order valence-corrected chi connectivity index (χ4v) is 4.87. The standard InChI is InChI=1S/C25H28N6O/c1-17-5-6-22-21(12-17)23(19-7-9-26-10-8-19)24(29-22)20-4-3-11-30(14-20)25(32)18(2)13-31-16-27-15-28-31/h5-10,12,15-16,18,20,29H,3-4,11,13-14H2,1-2H3/t18-,20+/m1/s1. The lowest BCUT2D eigenvalue weighted by Crippen LogP contribution is -2.42. The maximum absolute atomic E-state index is 13.2. The normalized spacial score (nSPS) is 17.6. The van der Waals surface area contributed by atoms with Crippen LogP contribution in [0, 0.1) is 12.8 Å². The molecule has 1 fully saturated rings. The molecule has 1 aliphatic heterocycles. The van der Waals surface area contributed by atoms with E-state index in [1.54, 1.807) is 11.0 Å². The van der Waals surface area contributed by atoms with Crippen molar-refractivity contribution in [1.82, 2.24) is 29.6 Å². The first-order valence-corrected chi connectivity index (χ1v) is 11.2. The van der Waals surface area contributed by atoms with E-state index >= 15 is 0 Å². The number of H-pyrrole nitrogens is 1. The number of carbonyl (C=O) groups excluding carboxylic acids is 1. The Balaban J connectivity index is 1.45. The van der Waals surface area contributed by atoms with Crippen molar-refractivity contribution < 1.29 is 4.79 Å². The Kier molecular flexibility index (Phi) is 5.47. The molecule has 7 heteroatoms. The van der Waals surface area contributed by atoms with Crippen LogP contribution in [0.1, 0.15) is 36.9 Å². The Morgan fingerprint density at radius 2 is 2.06 bits per heavy atom. The number of aryl methyl sites for hydroxylation is 1. The molecule has 0 aliphatic carbocycles. The molecule has 4 heterocycles. The molecule has 0 spiro atoms. The van der Waals surface area contributed by atoms with Crippen molar-refractivity contribution in [2.45, 2.75) is 39.2 Å². The maximum Gasteiger partial charge on any atom is 0.227 e. The molecule has 1 N–H and O–H groups in total. The second kappa shape index (κ2) is 8.57. The molecule has 32 heavy (non-hydrogen) atoms. The summed E-state index contributed by atoms with van der Waals surface area (Å²) < 4.78 is 1.73. The summed E-state index contributed by atoms with van der Waals surface area (Å²) in [6, 6.07) is 10.7. The van der Waals surface area contributed by atoms with Gasteiger partial charge in [0.25, 0.3) is 0 Å². The average molecular weight is 429 g/mol. The molecule has 2 atom stereocenters. The van der Waals surface area contributed by atoms with E-state index in [2.05, 4.69) is 57.3 Å². The molecule has 1 aromatic carbocycles. The number of aromatic nitrogens is 5. The van der Waals surface area contributed by atoms with Crippen LogP contribution in [0.25, 0.3) is 22.0 Å². The average Bonchev–Trinajstić information content (AvgIpc) is 3.46. The number of rotatable bonds is 5. The third-order valence-corrected chi connectivity index (χ3v) is 6.44. The molecule has 0 bridgehead atoms. The van der Waals surface area contributed by atoms with Crippen LogP contribution in [0.15, 0.2) is 55.4 Å². The second-order valence-corrected chi connectivity index (χ2v) is 8.84. The maximum atomic E-state index is 13.2. The Morgan fingerprint density at radius 1 is 1.22 bits per heavy atom. The van der Waals surface area contributed by atoms with Crippen molar-refractivity contribution in [3.63, 3.8) is 0 Å². The second-order valence-electron chi connectivity index (χ2n) is 8.84. The van der Waals surface area contributed by atoms with E-state index in [0.29, 0.717) is 6.54 Å². The number of carbonyl (C=O) groups is 1. The van der Waals surface area contributed by atoms with Gasteiger partial charge in [-0.2, -0.15) is 5.10 Å². The van der Waals surface area contributed by atoms with Gasteiger partial charge in [0.2, 0.25) is 5.91 Å². The molecule has 164 valence electrons. The Labute approximate surface area is 187 Å². The summed E-state index contributed by atoms with van der Waals surface area (Å²) in [7, 11) is 0. The van der Waals surface area contributed by atoms with Gasteiger partial charge in [-0.1, -0.05) is 18.6 Å². The SMILES string of the molecule is Cc1ccc2[nH]c([C@H]3CCCN(C(=O)[C@H](C)Cn4cncn4)C3)c(-c3ccncc3)c2c1. The lowest BCUT2D eigenvalue weighted by Gasteiger charge is -2.34. The molecule has 1 aliphatic rings. The predicted octanol–water partition coefficient (Wildman–Crippen LogP) is 4.17. The van der Waals surface area contributed by atoms with Gasteiger partial charge in [0.05, 0.1) is 12.5 Å². The Morgan fingerprint density at radius 3 is 2.84 bits per heavy atom. The van der Waals surface area contributed by atoms with Crippen molar-refractivity contribution >= 4 is 16.8 Å². The van der Waals surface area contributed by atoms with Gasteiger partial charge in [-0.25, -0.2) is 4.98 Å². The van der Waals surface area contributed by atoms with Gasteiger partial charge >= 0.3 is 0 Å². The Hall–Kier alpha value is -3.48. The predicted molar refractivity (Wildman–Crippen MR) is 124 cm³/mol. The van der Waals surface area contributed by atoms with E-state index < -0.39 is 0 Å². The number of aromatic amines is 1. The van der Waals surface area contributed by atoms with Crippen LogP contribution in [-0.2, 0) is 11.3 Å². The summed E-state index contributed by atoms with van der Waals surface area (Å²) in [4.78, 5) is 27.1. The molecular formula is C25H28N6O. The van der Waals surface area contributed by atoms with Gasteiger partial charge < -0.3 is 9.88 Å². The van der Waals surface area contributed by atoms with Gasteiger partial charge in [-0.05, 0) is 49.6 Å². The van der Waals surface area contributed by atoms with Gasteiger partial charge in [0, 0.05) is 53.6 Å². The van der Waals surface area contributed by atoms with Crippen LogP contribution in [0.5, 0.6) is 0 Å². The summed E-state index contributed by atoms with van der Waals surface area (Å²) in [5, 5.41) is 5.38. The minimum absolute atomic E-state index is 0.138. The van der Waals surface area contributed by atoms with E-state index in [4.69, 9.17) is 0 Å². The molecule has 1 saturated heterocycles. The molecular weight excluding hydrogens is 400 g/mol. The van der Waals surface area contributed by atoms with Crippen LogP contribution < -0.4 is 0 Å².